The zero-order valence-corrected chi connectivity index (χ0v) is 14.3. The highest BCUT2D eigenvalue weighted by Crippen LogP contribution is 2.40. The first-order valence-electron chi connectivity index (χ1n) is 8.32. The molecule has 130 valence electrons. The van der Waals surface area contributed by atoms with Crippen LogP contribution in [0.5, 0.6) is 0 Å². The lowest BCUT2D eigenvalue weighted by Crippen LogP contribution is -2.55. The van der Waals surface area contributed by atoms with E-state index in [2.05, 4.69) is 4.90 Å². The number of nitrogens with zero attached hydrogens (tertiary/aromatic N) is 2. The van der Waals surface area contributed by atoms with Crippen LogP contribution in [-0.4, -0.2) is 61.2 Å². The third-order valence-corrected chi connectivity index (χ3v) is 5.35. The van der Waals surface area contributed by atoms with Crippen molar-refractivity contribution in [2.75, 3.05) is 21.2 Å². The number of rotatable bonds is 4. The third-order valence-electron chi connectivity index (χ3n) is 5.35. The van der Waals surface area contributed by atoms with Crippen LogP contribution in [-0.2, 0) is 14.4 Å². The van der Waals surface area contributed by atoms with E-state index in [-0.39, 0.29) is 17.9 Å². The largest absolute Gasteiger partial charge is 0.458 e. The molecule has 4 atom stereocenters. The van der Waals surface area contributed by atoms with E-state index >= 15 is 0 Å². The van der Waals surface area contributed by atoms with Gasteiger partial charge in [0.05, 0.1) is 18.6 Å². The first-order valence-corrected chi connectivity index (χ1v) is 8.32. The van der Waals surface area contributed by atoms with Gasteiger partial charge in [-0.15, -0.1) is 0 Å². The van der Waals surface area contributed by atoms with Crippen molar-refractivity contribution in [3.05, 3.63) is 35.9 Å². The van der Waals surface area contributed by atoms with E-state index in [0.717, 1.165) is 12.8 Å². The van der Waals surface area contributed by atoms with E-state index < -0.39 is 12.0 Å². The molecule has 2 bridgehead atoms. The van der Waals surface area contributed by atoms with Gasteiger partial charge in [-0.05, 0) is 32.0 Å². The highest BCUT2D eigenvalue weighted by atomic mass is 16.7. The summed E-state index contributed by atoms with van der Waals surface area (Å²) in [5, 5.41) is 1.24. The molecule has 0 N–H and O–H groups in total. The molecular weight excluding hydrogens is 308 g/mol. The molecule has 2 heterocycles. The van der Waals surface area contributed by atoms with Crippen molar-refractivity contribution in [3.8, 4) is 0 Å². The number of hydroxylamine groups is 2. The number of ether oxygens (including phenoxy) is 1. The van der Waals surface area contributed by atoms with E-state index in [9.17, 15) is 9.59 Å². The van der Waals surface area contributed by atoms with Crippen molar-refractivity contribution in [1.29, 1.82) is 0 Å². The Kier molecular flexibility index (Phi) is 4.87. The number of hydrogen-bond acceptors (Lipinski definition) is 5. The van der Waals surface area contributed by atoms with Gasteiger partial charge in [-0.25, -0.2) is 9.86 Å². The van der Waals surface area contributed by atoms with Gasteiger partial charge >= 0.3 is 5.97 Å². The normalized spacial score (nSPS) is 29.3. The lowest BCUT2D eigenvalue weighted by atomic mass is 9.86. The zero-order chi connectivity index (χ0) is 17.3. The first-order chi connectivity index (χ1) is 11.5. The standard InChI is InChI=1S/C18H24N2O4/c1-19-13-9-10-14(19)16(17(21)20(2)23-3)15(11-13)24-18(22)12-7-5-4-6-8-12/h4-8,13-16H,9-11H2,1-3H3/t13-,14+,15-,16+/m0/s1. The van der Waals surface area contributed by atoms with Gasteiger partial charge < -0.3 is 4.74 Å². The molecule has 0 spiro atoms. The molecule has 2 fully saturated rings. The molecule has 24 heavy (non-hydrogen) atoms. The number of fused-ring (bicyclic) bond motifs is 2. The van der Waals surface area contributed by atoms with Crippen LogP contribution in [0.25, 0.3) is 0 Å². The predicted molar refractivity (Wildman–Crippen MR) is 88.1 cm³/mol. The quantitative estimate of drug-likeness (QED) is 0.621. The number of amides is 1. The molecule has 6 heteroatoms. The fourth-order valence-electron chi connectivity index (χ4n) is 3.95. The van der Waals surface area contributed by atoms with E-state index in [4.69, 9.17) is 9.57 Å². The average Bonchev–Trinajstić information content (AvgIpc) is 2.84. The Bertz CT molecular complexity index is 606. The minimum atomic E-state index is -0.420. The lowest BCUT2D eigenvalue weighted by Gasteiger charge is -2.42. The van der Waals surface area contributed by atoms with Gasteiger partial charge in [-0.1, -0.05) is 18.2 Å². The molecule has 1 aromatic rings. The molecule has 0 saturated carbocycles. The van der Waals surface area contributed by atoms with Gasteiger partial charge in [0.1, 0.15) is 6.10 Å². The fraction of sp³-hybridized carbons (Fsp3) is 0.556. The molecule has 2 saturated heterocycles. The maximum absolute atomic E-state index is 12.8. The maximum Gasteiger partial charge on any atom is 0.338 e. The second-order valence-electron chi connectivity index (χ2n) is 6.55. The molecule has 0 aromatic heterocycles. The molecule has 1 aromatic carbocycles. The van der Waals surface area contributed by atoms with Crippen LogP contribution in [0, 0.1) is 5.92 Å². The molecule has 2 aliphatic heterocycles. The SMILES string of the molecule is CON(C)C(=O)[C@H]1[C@@H](OC(=O)c2ccccc2)C[C@@H]2CC[C@H]1N2C. The van der Waals surface area contributed by atoms with Crippen molar-refractivity contribution >= 4 is 11.9 Å². The lowest BCUT2D eigenvalue weighted by molar-refractivity contribution is -0.182. The number of benzene rings is 1. The smallest absolute Gasteiger partial charge is 0.338 e. The van der Waals surface area contributed by atoms with Gasteiger partial charge in [0.25, 0.3) is 5.91 Å². The van der Waals surface area contributed by atoms with Crippen molar-refractivity contribution in [1.82, 2.24) is 9.96 Å². The summed E-state index contributed by atoms with van der Waals surface area (Å²) >= 11 is 0. The summed E-state index contributed by atoms with van der Waals surface area (Å²) in [5.74, 6) is -0.908. The van der Waals surface area contributed by atoms with Crippen LogP contribution >= 0.6 is 0 Å². The van der Waals surface area contributed by atoms with Gasteiger partial charge in [0.15, 0.2) is 0 Å². The van der Waals surface area contributed by atoms with E-state index in [1.54, 1.807) is 31.3 Å². The predicted octanol–water partition coefficient (Wildman–Crippen LogP) is 1.71. The second kappa shape index (κ2) is 6.91. The molecule has 0 radical (unpaired) electrons. The molecule has 3 rings (SSSR count). The van der Waals surface area contributed by atoms with Crippen LogP contribution in [0.4, 0.5) is 0 Å². The Morgan fingerprint density at radius 2 is 1.92 bits per heavy atom. The van der Waals surface area contributed by atoms with E-state index in [1.807, 2.05) is 13.1 Å². The summed E-state index contributed by atoms with van der Waals surface area (Å²) < 4.78 is 5.77. The first kappa shape index (κ1) is 16.9. The number of esters is 1. The molecular formula is C18H24N2O4. The minimum absolute atomic E-state index is 0.0856. The molecule has 2 aliphatic rings. The van der Waals surface area contributed by atoms with Crippen LogP contribution in [0.15, 0.2) is 30.3 Å². The van der Waals surface area contributed by atoms with Gasteiger partial charge in [-0.3, -0.25) is 14.5 Å². The molecule has 6 nitrogen and oxygen atoms in total. The Hall–Kier alpha value is -1.92. The average molecular weight is 332 g/mol. The van der Waals surface area contributed by atoms with Crippen LogP contribution in [0.3, 0.4) is 0 Å². The van der Waals surface area contributed by atoms with E-state index in [0.29, 0.717) is 18.0 Å². The van der Waals surface area contributed by atoms with Crippen molar-refractivity contribution < 1.29 is 19.2 Å². The minimum Gasteiger partial charge on any atom is -0.458 e. The summed E-state index contributed by atoms with van der Waals surface area (Å²) in [6, 6.07) is 9.36. The summed E-state index contributed by atoms with van der Waals surface area (Å²) in [4.78, 5) is 32.5. The highest BCUT2D eigenvalue weighted by molar-refractivity contribution is 5.90. The summed E-state index contributed by atoms with van der Waals surface area (Å²) in [5.41, 5.74) is 0.509. The van der Waals surface area contributed by atoms with Gasteiger partial charge in [-0.2, -0.15) is 0 Å². The number of carbonyl (C=O) groups is 2. The van der Waals surface area contributed by atoms with Gasteiger partial charge in [0, 0.05) is 25.6 Å². The highest BCUT2D eigenvalue weighted by Gasteiger charge is 2.51. The summed E-state index contributed by atoms with van der Waals surface area (Å²) in [7, 11) is 5.11. The maximum atomic E-state index is 12.8. The van der Waals surface area contributed by atoms with Crippen LogP contribution in [0.2, 0.25) is 0 Å². The fourth-order valence-corrected chi connectivity index (χ4v) is 3.95. The van der Waals surface area contributed by atoms with Gasteiger partial charge in [0.2, 0.25) is 0 Å². The summed E-state index contributed by atoms with van der Waals surface area (Å²) in [6.45, 7) is 0. The monoisotopic (exact) mass is 332 g/mol. The second-order valence-corrected chi connectivity index (χ2v) is 6.55. The Balaban J connectivity index is 1.81. The number of carbonyl (C=O) groups excluding carboxylic acids is 2. The van der Waals surface area contributed by atoms with Crippen molar-refractivity contribution in [2.24, 2.45) is 5.92 Å². The molecule has 1 amide bonds. The molecule has 0 aliphatic carbocycles. The molecule has 0 unspecified atom stereocenters. The Morgan fingerprint density at radius 1 is 1.21 bits per heavy atom. The van der Waals surface area contributed by atoms with Crippen LogP contribution < -0.4 is 0 Å². The number of hydrogen-bond donors (Lipinski definition) is 0. The van der Waals surface area contributed by atoms with Crippen molar-refractivity contribution in [2.45, 2.75) is 37.5 Å². The van der Waals surface area contributed by atoms with Crippen molar-refractivity contribution in [3.63, 3.8) is 0 Å². The zero-order valence-electron chi connectivity index (χ0n) is 14.3. The Morgan fingerprint density at radius 3 is 2.58 bits per heavy atom. The topological polar surface area (TPSA) is 59.1 Å². The third kappa shape index (κ3) is 3.03. The number of piperidine rings is 1. The summed E-state index contributed by atoms with van der Waals surface area (Å²) in [6.07, 6.45) is 2.23. The Labute approximate surface area is 142 Å². The van der Waals surface area contributed by atoms with Crippen LogP contribution in [0.1, 0.15) is 29.6 Å². The van der Waals surface area contributed by atoms with E-state index in [1.165, 1.54) is 12.2 Å².